The van der Waals surface area contributed by atoms with E-state index in [9.17, 15) is 8.42 Å². The number of aliphatic hydroxyl groups excluding tert-OH is 1. The summed E-state index contributed by atoms with van der Waals surface area (Å²) in [5.74, 6) is 0. The second-order valence-electron chi connectivity index (χ2n) is 8.41. The van der Waals surface area contributed by atoms with Crippen LogP contribution >= 0.6 is 0 Å². The zero-order valence-electron chi connectivity index (χ0n) is 20.8. The minimum Gasteiger partial charge on any atom is -0.395 e. The first-order valence-corrected chi connectivity index (χ1v) is 14.2. The number of nitrogens with zero attached hydrogens (tertiary/aromatic N) is 1. The largest absolute Gasteiger partial charge is 0.397 e. The molecule has 2 N–H and O–H groups in total. The third-order valence-corrected chi connectivity index (χ3v) is 5.77. The first kappa shape index (κ1) is 33.0. The average molecular weight is 468 g/mol. The van der Waals surface area contributed by atoms with Crippen molar-refractivity contribution in [2.75, 3.05) is 32.8 Å². The van der Waals surface area contributed by atoms with Crippen LogP contribution in [-0.4, -0.2) is 55.8 Å². The predicted octanol–water partition coefficient (Wildman–Crippen LogP) is 6.39. The molecule has 190 valence electrons. The number of hydrogen-bond donors (Lipinski definition) is 2. The van der Waals surface area contributed by atoms with E-state index in [1.807, 2.05) is 0 Å². The highest BCUT2D eigenvalue weighted by Gasteiger charge is 2.03. The van der Waals surface area contributed by atoms with Crippen molar-refractivity contribution in [3.05, 3.63) is 0 Å². The van der Waals surface area contributed by atoms with Crippen molar-refractivity contribution in [3.63, 3.8) is 0 Å². The van der Waals surface area contributed by atoms with Crippen LogP contribution < -0.4 is 0 Å². The molecule has 0 bridgehead atoms. The lowest BCUT2D eigenvalue weighted by molar-refractivity contribution is 0.192. The first-order valence-electron chi connectivity index (χ1n) is 12.9. The Bertz CT molecular complexity index is 424. The van der Waals surface area contributed by atoms with E-state index >= 15 is 0 Å². The zero-order valence-corrected chi connectivity index (χ0v) is 21.6. The summed E-state index contributed by atoms with van der Waals surface area (Å²) in [6.45, 7) is 10.2. The van der Waals surface area contributed by atoms with Crippen molar-refractivity contribution >= 4 is 10.4 Å². The van der Waals surface area contributed by atoms with Crippen molar-refractivity contribution < 1.29 is 22.3 Å². The Kier molecular flexibility index (Phi) is 27.7. The molecule has 0 amide bonds. The van der Waals surface area contributed by atoms with Gasteiger partial charge in [0.15, 0.2) is 0 Å². The van der Waals surface area contributed by atoms with Crippen LogP contribution in [0.2, 0.25) is 0 Å². The maximum absolute atomic E-state index is 10.3. The van der Waals surface area contributed by atoms with Gasteiger partial charge in [-0.15, -0.1) is 0 Å². The minimum absolute atomic E-state index is 0.0935. The Balaban J connectivity index is 0. The Morgan fingerprint density at radius 1 is 0.613 bits per heavy atom. The zero-order chi connectivity index (χ0) is 23.6. The van der Waals surface area contributed by atoms with Gasteiger partial charge in [-0.25, -0.2) is 4.18 Å². The molecule has 7 heteroatoms. The molecule has 0 atom stereocenters. The Labute approximate surface area is 194 Å². The summed E-state index contributed by atoms with van der Waals surface area (Å²) in [5, 5.41) is 8.79. The molecule has 0 aliphatic rings. The summed E-state index contributed by atoms with van der Waals surface area (Å²) >= 11 is 0. The van der Waals surface area contributed by atoms with E-state index < -0.39 is 10.4 Å². The molecule has 0 aromatic carbocycles. The molecule has 0 fully saturated rings. The molecule has 0 aromatic rings. The fourth-order valence-electron chi connectivity index (χ4n) is 3.35. The molecule has 0 unspecified atom stereocenters. The second-order valence-corrected chi connectivity index (χ2v) is 9.50. The van der Waals surface area contributed by atoms with Gasteiger partial charge in [0.05, 0.1) is 13.2 Å². The van der Waals surface area contributed by atoms with E-state index in [0.29, 0.717) is 13.0 Å². The van der Waals surface area contributed by atoms with Crippen LogP contribution in [0.4, 0.5) is 0 Å². The van der Waals surface area contributed by atoms with Gasteiger partial charge in [-0.1, -0.05) is 104 Å². The average Bonchev–Trinajstić information content (AvgIpc) is 2.73. The lowest BCUT2D eigenvalue weighted by atomic mass is 10.1. The van der Waals surface area contributed by atoms with Crippen molar-refractivity contribution in [2.24, 2.45) is 0 Å². The van der Waals surface area contributed by atoms with E-state index in [1.165, 1.54) is 83.5 Å². The minimum atomic E-state index is -4.24. The molecule has 0 aromatic heterocycles. The van der Waals surface area contributed by atoms with Gasteiger partial charge in [-0.2, -0.15) is 8.42 Å². The van der Waals surface area contributed by atoms with Crippen LogP contribution in [0.1, 0.15) is 124 Å². The van der Waals surface area contributed by atoms with Gasteiger partial charge in [-0.05, 0) is 32.4 Å². The van der Waals surface area contributed by atoms with Crippen molar-refractivity contribution in [2.45, 2.75) is 124 Å². The summed E-state index contributed by atoms with van der Waals surface area (Å²) in [6, 6.07) is 0. The number of hydrogen-bond acceptors (Lipinski definition) is 5. The fraction of sp³-hybridized carbons (Fsp3) is 1.00. The molecule has 0 aliphatic carbocycles. The van der Waals surface area contributed by atoms with Crippen molar-refractivity contribution in [3.8, 4) is 0 Å². The lowest BCUT2D eigenvalue weighted by Crippen LogP contribution is -2.28. The second kappa shape index (κ2) is 26.0. The molecule has 0 rings (SSSR count). The SMILES string of the molecule is CCCCCCCCCCCCCCOS(=O)(=O)O.CCCCN(CCO)CCCC. The number of rotatable bonds is 22. The molecule has 6 nitrogen and oxygen atoms in total. The third-order valence-electron chi connectivity index (χ3n) is 5.30. The van der Waals surface area contributed by atoms with Gasteiger partial charge in [0, 0.05) is 6.54 Å². The Hall–Kier alpha value is -0.210. The Morgan fingerprint density at radius 2 is 1.00 bits per heavy atom. The molecule has 0 heterocycles. The van der Waals surface area contributed by atoms with Gasteiger partial charge in [-0.3, -0.25) is 4.55 Å². The monoisotopic (exact) mass is 467 g/mol. The maximum Gasteiger partial charge on any atom is 0.397 e. The summed E-state index contributed by atoms with van der Waals surface area (Å²) in [7, 11) is -4.24. The normalized spacial score (nSPS) is 11.5. The Morgan fingerprint density at radius 3 is 1.35 bits per heavy atom. The highest BCUT2D eigenvalue weighted by atomic mass is 32.3. The van der Waals surface area contributed by atoms with Gasteiger partial charge in [0.1, 0.15) is 0 Å². The quantitative estimate of drug-likeness (QED) is 0.142. The van der Waals surface area contributed by atoms with Crippen LogP contribution in [0.3, 0.4) is 0 Å². The summed E-state index contributed by atoms with van der Waals surface area (Å²) in [5.41, 5.74) is 0. The smallest absolute Gasteiger partial charge is 0.395 e. The van der Waals surface area contributed by atoms with Gasteiger partial charge in [0.2, 0.25) is 0 Å². The molecule has 0 radical (unpaired) electrons. The van der Waals surface area contributed by atoms with E-state index in [0.717, 1.165) is 32.5 Å². The topological polar surface area (TPSA) is 87.1 Å². The lowest BCUT2D eigenvalue weighted by Gasteiger charge is -2.20. The molecule has 31 heavy (non-hydrogen) atoms. The molecule has 0 saturated heterocycles. The number of unbranched alkanes of at least 4 members (excludes halogenated alkanes) is 13. The van der Waals surface area contributed by atoms with Crippen LogP contribution in [0.15, 0.2) is 0 Å². The highest BCUT2D eigenvalue weighted by molar-refractivity contribution is 7.80. The molecular formula is C24H53NO5S. The summed E-state index contributed by atoms with van der Waals surface area (Å²) < 4.78 is 33.1. The summed E-state index contributed by atoms with van der Waals surface area (Å²) in [4.78, 5) is 2.35. The fourth-order valence-corrected chi connectivity index (χ4v) is 3.68. The van der Waals surface area contributed by atoms with E-state index in [4.69, 9.17) is 9.66 Å². The summed E-state index contributed by atoms with van der Waals surface area (Å²) in [6.07, 6.45) is 19.7. The van der Waals surface area contributed by atoms with Crippen molar-refractivity contribution in [1.29, 1.82) is 0 Å². The maximum atomic E-state index is 10.3. The standard InChI is InChI=1S/C14H30O4S.C10H23NO/c1-2-3-4-5-6-7-8-9-10-11-12-13-14-18-19(15,16)17;1-3-5-7-11(9-10-12)8-6-4-2/h2-14H2,1H3,(H,15,16,17);12H,3-10H2,1-2H3. The molecular weight excluding hydrogens is 414 g/mol. The van der Waals surface area contributed by atoms with Crippen LogP contribution in [0.5, 0.6) is 0 Å². The van der Waals surface area contributed by atoms with E-state index in [-0.39, 0.29) is 6.61 Å². The predicted molar refractivity (Wildman–Crippen MR) is 132 cm³/mol. The highest BCUT2D eigenvalue weighted by Crippen LogP contribution is 2.12. The van der Waals surface area contributed by atoms with Gasteiger partial charge in [0.25, 0.3) is 0 Å². The third kappa shape index (κ3) is 32.1. The van der Waals surface area contributed by atoms with E-state index in [2.05, 4.69) is 29.9 Å². The van der Waals surface area contributed by atoms with Crippen LogP contribution in [-0.2, 0) is 14.6 Å². The van der Waals surface area contributed by atoms with Crippen LogP contribution in [0.25, 0.3) is 0 Å². The van der Waals surface area contributed by atoms with Crippen molar-refractivity contribution in [1.82, 2.24) is 4.90 Å². The molecule has 0 aliphatic heterocycles. The van der Waals surface area contributed by atoms with Crippen LogP contribution in [0, 0.1) is 0 Å². The van der Waals surface area contributed by atoms with E-state index in [1.54, 1.807) is 0 Å². The number of aliphatic hydroxyl groups is 1. The molecule has 0 saturated carbocycles. The van der Waals surface area contributed by atoms with Gasteiger partial charge < -0.3 is 10.0 Å². The first-order chi connectivity index (χ1) is 14.9. The molecule has 0 spiro atoms. The van der Waals surface area contributed by atoms with Gasteiger partial charge >= 0.3 is 10.4 Å².